The molecule has 1 aromatic rings. The maximum absolute atomic E-state index is 12.9. The highest BCUT2D eigenvalue weighted by Crippen LogP contribution is 2.43. The normalized spacial score (nSPS) is 25.5. The fourth-order valence-electron chi connectivity index (χ4n) is 3.60. The molecule has 2 unspecified atom stereocenters. The zero-order valence-corrected chi connectivity index (χ0v) is 14.1. The molecule has 2 saturated carbocycles. The lowest BCUT2D eigenvalue weighted by molar-refractivity contribution is -0.137. The van der Waals surface area contributed by atoms with Crippen LogP contribution in [-0.4, -0.2) is 11.9 Å². The molecule has 3 nitrogen and oxygen atoms in total. The highest BCUT2D eigenvalue weighted by Gasteiger charge is 2.43. The zero-order valence-electron chi connectivity index (χ0n) is 13.2. The van der Waals surface area contributed by atoms with Gasteiger partial charge in [0.25, 0.3) is 0 Å². The SMILES string of the molecule is Cl.NC1CCC(C(=O)NC2(c3cccc(C(F)(F)F)c3)CCC2)C1. The predicted octanol–water partition coefficient (Wildman–Crippen LogP) is 3.75. The van der Waals surface area contributed by atoms with Crippen molar-refractivity contribution in [1.82, 2.24) is 5.32 Å². The summed E-state index contributed by atoms with van der Waals surface area (Å²) in [6.45, 7) is 0. The largest absolute Gasteiger partial charge is 0.416 e. The first-order chi connectivity index (χ1) is 10.8. The van der Waals surface area contributed by atoms with E-state index in [1.54, 1.807) is 6.07 Å². The monoisotopic (exact) mass is 362 g/mol. The lowest BCUT2D eigenvalue weighted by atomic mass is 9.71. The Morgan fingerprint density at radius 3 is 2.46 bits per heavy atom. The smallest absolute Gasteiger partial charge is 0.346 e. The standard InChI is InChI=1S/C17H21F3N2O.ClH/c18-17(19,20)13-4-1-3-12(10-13)16(7-2-8-16)22-15(23)11-5-6-14(21)9-11;/h1,3-4,10-11,14H,2,5-9,21H2,(H,22,23);1H. The lowest BCUT2D eigenvalue weighted by Crippen LogP contribution is -2.52. The Labute approximate surface area is 145 Å². The van der Waals surface area contributed by atoms with E-state index in [9.17, 15) is 18.0 Å². The molecule has 1 aromatic carbocycles. The van der Waals surface area contributed by atoms with Crippen molar-refractivity contribution in [3.05, 3.63) is 35.4 Å². The van der Waals surface area contributed by atoms with Crippen LogP contribution in [0.2, 0.25) is 0 Å². The Morgan fingerprint density at radius 1 is 1.25 bits per heavy atom. The van der Waals surface area contributed by atoms with Crippen LogP contribution in [0.4, 0.5) is 13.2 Å². The Kier molecular flexibility index (Phi) is 5.50. The van der Waals surface area contributed by atoms with Gasteiger partial charge in [0.15, 0.2) is 0 Å². The summed E-state index contributed by atoms with van der Waals surface area (Å²) in [5, 5.41) is 3.03. The molecular formula is C17H22ClF3N2O. The number of carbonyl (C=O) groups is 1. The van der Waals surface area contributed by atoms with E-state index in [0.717, 1.165) is 25.3 Å². The number of nitrogens with one attached hydrogen (secondary N) is 1. The number of alkyl halides is 3. The number of carbonyl (C=O) groups excluding carboxylic acids is 1. The third-order valence-electron chi connectivity index (χ3n) is 5.16. The van der Waals surface area contributed by atoms with Crippen LogP contribution in [0.25, 0.3) is 0 Å². The third-order valence-corrected chi connectivity index (χ3v) is 5.16. The van der Waals surface area contributed by atoms with Crippen LogP contribution < -0.4 is 11.1 Å². The minimum absolute atomic E-state index is 0. The summed E-state index contributed by atoms with van der Waals surface area (Å²) in [6, 6.07) is 5.37. The molecule has 0 radical (unpaired) electrons. The topological polar surface area (TPSA) is 55.1 Å². The fourth-order valence-corrected chi connectivity index (χ4v) is 3.60. The Balaban J connectivity index is 0.00000208. The molecule has 0 aliphatic heterocycles. The molecule has 2 aliphatic carbocycles. The summed E-state index contributed by atoms with van der Waals surface area (Å²) in [5.41, 5.74) is 5.08. The number of halogens is 4. The number of rotatable bonds is 3. The summed E-state index contributed by atoms with van der Waals surface area (Å²) in [5.74, 6) is -0.191. The molecule has 0 spiro atoms. The Hall–Kier alpha value is -1.27. The molecule has 24 heavy (non-hydrogen) atoms. The second-order valence-corrected chi connectivity index (χ2v) is 6.77. The van der Waals surface area contributed by atoms with Gasteiger partial charge in [-0.2, -0.15) is 13.2 Å². The molecular weight excluding hydrogens is 341 g/mol. The average Bonchev–Trinajstić information content (AvgIpc) is 2.88. The van der Waals surface area contributed by atoms with Gasteiger partial charge in [-0.3, -0.25) is 4.79 Å². The van der Waals surface area contributed by atoms with Gasteiger partial charge < -0.3 is 11.1 Å². The summed E-state index contributed by atoms with van der Waals surface area (Å²) < 4.78 is 38.8. The average molecular weight is 363 g/mol. The Morgan fingerprint density at radius 2 is 1.96 bits per heavy atom. The van der Waals surface area contributed by atoms with Gasteiger partial charge >= 0.3 is 6.18 Å². The molecule has 134 valence electrons. The molecule has 0 bridgehead atoms. The molecule has 2 fully saturated rings. The molecule has 0 aromatic heterocycles. The van der Waals surface area contributed by atoms with E-state index in [1.165, 1.54) is 12.1 Å². The molecule has 2 aliphatic rings. The fraction of sp³-hybridized carbons (Fsp3) is 0.588. The lowest BCUT2D eigenvalue weighted by Gasteiger charge is -2.44. The van der Waals surface area contributed by atoms with Crippen LogP contribution in [0, 0.1) is 5.92 Å². The van der Waals surface area contributed by atoms with Crippen molar-refractivity contribution < 1.29 is 18.0 Å². The van der Waals surface area contributed by atoms with Gasteiger partial charge in [-0.25, -0.2) is 0 Å². The number of hydrogen-bond acceptors (Lipinski definition) is 2. The second-order valence-electron chi connectivity index (χ2n) is 6.77. The van der Waals surface area contributed by atoms with Gasteiger partial charge in [-0.05, 0) is 56.2 Å². The van der Waals surface area contributed by atoms with Gasteiger partial charge in [-0.1, -0.05) is 12.1 Å². The van der Waals surface area contributed by atoms with Crippen molar-refractivity contribution in [1.29, 1.82) is 0 Å². The number of amides is 1. The third kappa shape index (κ3) is 3.70. The van der Waals surface area contributed by atoms with Crippen molar-refractivity contribution in [3.63, 3.8) is 0 Å². The van der Waals surface area contributed by atoms with Crippen LogP contribution >= 0.6 is 12.4 Å². The minimum Gasteiger partial charge on any atom is -0.346 e. The molecule has 1 amide bonds. The van der Waals surface area contributed by atoms with Gasteiger partial charge in [0, 0.05) is 12.0 Å². The van der Waals surface area contributed by atoms with Crippen molar-refractivity contribution in [2.75, 3.05) is 0 Å². The van der Waals surface area contributed by atoms with Crippen molar-refractivity contribution in [3.8, 4) is 0 Å². The van der Waals surface area contributed by atoms with Gasteiger partial charge in [0.1, 0.15) is 0 Å². The zero-order chi connectivity index (χ0) is 16.7. The Bertz CT molecular complexity index is 602. The first-order valence-corrected chi connectivity index (χ1v) is 8.05. The minimum atomic E-state index is -4.37. The molecule has 3 N–H and O–H groups in total. The first kappa shape index (κ1) is 19.1. The molecule has 3 rings (SSSR count). The summed E-state index contributed by atoms with van der Waals surface area (Å²) in [6.07, 6.45) is 0.131. The van der Waals surface area contributed by atoms with E-state index in [4.69, 9.17) is 5.73 Å². The van der Waals surface area contributed by atoms with E-state index in [0.29, 0.717) is 24.8 Å². The molecule has 2 atom stereocenters. The number of hydrogen-bond donors (Lipinski definition) is 2. The quantitative estimate of drug-likeness (QED) is 0.860. The summed E-state index contributed by atoms with van der Waals surface area (Å²) >= 11 is 0. The second kappa shape index (κ2) is 6.92. The predicted molar refractivity (Wildman–Crippen MR) is 87.7 cm³/mol. The van der Waals surface area contributed by atoms with E-state index < -0.39 is 17.3 Å². The van der Waals surface area contributed by atoms with Crippen molar-refractivity contribution in [2.24, 2.45) is 11.7 Å². The van der Waals surface area contributed by atoms with Crippen molar-refractivity contribution in [2.45, 2.75) is 56.3 Å². The summed E-state index contributed by atoms with van der Waals surface area (Å²) in [7, 11) is 0. The van der Waals surface area contributed by atoms with Crippen molar-refractivity contribution >= 4 is 18.3 Å². The maximum Gasteiger partial charge on any atom is 0.416 e. The molecule has 7 heteroatoms. The highest BCUT2D eigenvalue weighted by molar-refractivity contribution is 5.85. The van der Waals surface area contributed by atoms with E-state index in [-0.39, 0.29) is 30.3 Å². The summed E-state index contributed by atoms with van der Waals surface area (Å²) in [4.78, 5) is 12.5. The molecule has 0 heterocycles. The maximum atomic E-state index is 12.9. The van der Waals surface area contributed by atoms with Gasteiger partial charge in [-0.15, -0.1) is 12.4 Å². The van der Waals surface area contributed by atoms with E-state index in [1.807, 2.05) is 0 Å². The van der Waals surface area contributed by atoms with Crippen LogP contribution in [-0.2, 0) is 16.5 Å². The highest BCUT2D eigenvalue weighted by atomic mass is 35.5. The van der Waals surface area contributed by atoms with Crippen LogP contribution in [0.3, 0.4) is 0 Å². The van der Waals surface area contributed by atoms with Crippen LogP contribution in [0.1, 0.15) is 49.7 Å². The number of benzene rings is 1. The first-order valence-electron chi connectivity index (χ1n) is 8.05. The van der Waals surface area contributed by atoms with Crippen LogP contribution in [0.5, 0.6) is 0 Å². The number of nitrogens with two attached hydrogens (primary N) is 1. The van der Waals surface area contributed by atoms with E-state index in [2.05, 4.69) is 5.32 Å². The van der Waals surface area contributed by atoms with Gasteiger partial charge in [0.2, 0.25) is 5.91 Å². The van der Waals surface area contributed by atoms with Crippen LogP contribution in [0.15, 0.2) is 24.3 Å². The van der Waals surface area contributed by atoms with Gasteiger partial charge in [0.05, 0.1) is 11.1 Å². The van der Waals surface area contributed by atoms with E-state index >= 15 is 0 Å². The molecule has 0 saturated heterocycles.